The van der Waals surface area contributed by atoms with Crippen LogP contribution in [0.1, 0.15) is 16.7 Å². The van der Waals surface area contributed by atoms with Crippen molar-refractivity contribution in [2.75, 3.05) is 11.1 Å². The van der Waals surface area contributed by atoms with E-state index in [1.54, 1.807) is 0 Å². The fourth-order valence-electron chi connectivity index (χ4n) is 3.37. The van der Waals surface area contributed by atoms with E-state index in [0.717, 1.165) is 32.8 Å². The molecule has 0 spiro atoms. The van der Waals surface area contributed by atoms with E-state index in [0.29, 0.717) is 5.16 Å². The van der Waals surface area contributed by atoms with E-state index in [2.05, 4.69) is 56.6 Å². The van der Waals surface area contributed by atoms with Crippen LogP contribution in [-0.4, -0.2) is 26.4 Å². The Bertz CT molecular complexity index is 1270. The Morgan fingerprint density at radius 2 is 1.72 bits per heavy atom. The highest BCUT2D eigenvalue weighted by Crippen LogP contribution is 2.29. The second kappa shape index (κ2) is 9.71. The zero-order valence-corrected chi connectivity index (χ0v) is 20.5. The molecule has 1 N–H and O–H groups in total. The predicted octanol–water partition coefficient (Wildman–Crippen LogP) is 6.35. The molecule has 1 aromatic heterocycles. The summed E-state index contributed by atoms with van der Waals surface area (Å²) >= 11 is 4.90. The lowest BCUT2D eigenvalue weighted by Gasteiger charge is -2.12. The molecule has 1 heterocycles. The minimum Gasteiger partial charge on any atom is -0.325 e. The summed E-state index contributed by atoms with van der Waals surface area (Å²) in [6.07, 6.45) is 0. The number of nitrogens with one attached hydrogen (secondary N) is 1. The van der Waals surface area contributed by atoms with Gasteiger partial charge >= 0.3 is 0 Å². The van der Waals surface area contributed by atoms with Crippen molar-refractivity contribution in [3.63, 3.8) is 0 Å². The molecule has 0 radical (unpaired) electrons. The molecular weight excluding hydrogens is 484 g/mol. The summed E-state index contributed by atoms with van der Waals surface area (Å²) < 4.78 is 2.96. The monoisotopic (exact) mass is 506 g/mol. The third kappa shape index (κ3) is 5.11. The normalized spacial score (nSPS) is 10.9. The van der Waals surface area contributed by atoms with Crippen LogP contribution in [0.2, 0.25) is 0 Å². The third-order valence-corrected chi connectivity index (χ3v) is 6.42. The minimum atomic E-state index is -0.0792. The molecule has 0 aliphatic heterocycles. The van der Waals surface area contributed by atoms with Gasteiger partial charge in [0.2, 0.25) is 5.91 Å². The highest BCUT2D eigenvalue weighted by Gasteiger charge is 2.18. The maximum absolute atomic E-state index is 12.6. The van der Waals surface area contributed by atoms with Gasteiger partial charge in [-0.2, -0.15) is 0 Å². The van der Waals surface area contributed by atoms with E-state index in [4.69, 9.17) is 0 Å². The molecule has 7 heteroatoms. The summed E-state index contributed by atoms with van der Waals surface area (Å²) in [4.78, 5) is 12.6. The van der Waals surface area contributed by atoms with Gasteiger partial charge in [-0.25, -0.2) is 0 Å². The lowest BCUT2D eigenvalue weighted by molar-refractivity contribution is -0.113. The first-order valence-electron chi connectivity index (χ1n) is 10.2. The topological polar surface area (TPSA) is 59.8 Å². The van der Waals surface area contributed by atoms with Crippen LogP contribution < -0.4 is 5.32 Å². The average molecular weight is 507 g/mol. The van der Waals surface area contributed by atoms with Crippen LogP contribution in [0.15, 0.2) is 76.4 Å². The SMILES string of the molecule is Cc1ccc(-n2c(SCC(=O)Nc3ccc(C)cc3C)nnc2-c2cccc(Br)c2)cc1. The van der Waals surface area contributed by atoms with Gasteiger partial charge < -0.3 is 5.32 Å². The zero-order valence-electron chi connectivity index (χ0n) is 18.1. The molecular formula is C25H23BrN4OS. The Kier molecular flexibility index (Phi) is 6.77. The van der Waals surface area contributed by atoms with Gasteiger partial charge in [-0.05, 0) is 56.7 Å². The lowest BCUT2D eigenvalue weighted by Crippen LogP contribution is -2.15. The first-order valence-corrected chi connectivity index (χ1v) is 12.0. The number of aryl methyl sites for hydroxylation is 3. The fraction of sp³-hybridized carbons (Fsp3) is 0.160. The van der Waals surface area contributed by atoms with Gasteiger partial charge in [-0.3, -0.25) is 9.36 Å². The largest absolute Gasteiger partial charge is 0.325 e. The van der Waals surface area contributed by atoms with E-state index < -0.39 is 0 Å². The van der Waals surface area contributed by atoms with Gasteiger partial charge in [0, 0.05) is 21.4 Å². The second-order valence-electron chi connectivity index (χ2n) is 7.64. The molecule has 4 aromatic rings. The number of aromatic nitrogens is 3. The van der Waals surface area contributed by atoms with Gasteiger partial charge in [-0.1, -0.05) is 75.2 Å². The summed E-state index contributed by atoms with van der Waals surface area (Å²) in [5.74, 6) is 0.882. The molecule has 162 valence electrons. The molecule has 0 aliphatic rings. The number of amides is 1. The first kappa shape index (κ1) is 22.3. The molecule has 32 heavy (non-hydrogen) atoms. The van der Waals surface area contributed by atoms with E-state index in [1.807, 2.05) is 66.9 Å². The van der Waals surface area contributed by atoms with Crippen molar-refractivity contribution in [2.45, 2.75) is 25.9 Å². The van der Waals surface area contributed by atoms with Gasteiger partial charge in [0.25, 0.3) is 0 Å². The molecule has 3 aromatic carbocycles. The maximum atomic E-state index is 12.6. The standard InChI is InChI=1S/C25H23BrN4OS/c1-16-7-10-21(11-8-16)30-24(19-5-4-6-20(26)14-19)28-29-25(30)32-15-23(31)27-22-12-9-17(2)13-18(22)3/h4-14H,15H2,1-3H3,(H,27,31). The summed E-state index contributed by atoms with van der Waals surface area (Å²) in [5.41, 5.74) is 6.11. The average Bonchev–Trinajstić information content (AvgIpc) is 3.19. The number of carbonyl (C=O) groups excluding carboxylic acids is 1. The van der Waals surface area contributed by atoms with Crippen LogP contribution in [0.5, 0.6) is 0 Å². The number of thioether (sulfide) groups is 1. The highest BCUT2D eigenvalue weighted by molar-refractivity contribution is 9.10. The molecule has 1 amide bonds. The number of rotatable bonds is 6. The number of hydrogen-bond acceptors (Lipinski definition) is 4. The molecule has 0 bridgehead atoms. The molecule has 0 saturated heterocycles. The molecule has 0 unspecified atom stereocenters. The number of nitrogens with zero attached hydrogens (tertiary/aromatic N) is 3. The van der Waals surface area contributed by atoms with Crippen molar-refractivity contribution in [2.24, 2.45) is 0 Å². The van der Waals surface area contributed by atoms with Crippen LogP contribution in [0.3, 0.4) is 0 Å². The van der Waals surface area contributed by atoms with Crippen molar-refractivity contribution < 1.29 is 4.79 Å². The zero-order chi connectivity index (χ0) is 22.7. The van der Waals surface area contributed by atoms with Crippen molar-refractivity contribution in [1.82, 2.24) is 14.8 Å². The third-order valence-electron chi connectivity index (χ3n) is 5.00. The number of anilines is 1. The lowest BCUT2D eigenvalue weighted by atomic mass is 10.1. The van der Waals surface area contributed by atoms with Crippen molar-refractivity contribution in [3.05, 3.63) is 87.9 Å². The van der Waals surface area contributed by atoms with E-state index >= 15 is 0 Å². The highest BCUT2D eigenvalue weighted by atomic mass is 79.9. The number of halogens is 1. The van der Waals surface area contributed by atoms with Gasteiger partial charge in [0.15, 0.2) is 11.0 Å². The first-order chi connectivity index (χ1) is 15.4. The molecule has 5 nitrogen and oxygen atoms in total. The Labute approximate surface area is 200 Å². The smallest absolute Gasteiger partial charge is 0.234 e. The van der Waals surface area contributed by atoms with Crippen molar-refractivity contribution in [1.29, 1.82) is 0 Å². The maximum Gasteiger partial charge on any atom is 0.234 e. The Balaban J connectivity index is 1.60. The quantitative estimate of drug-likeness (QED) is 0.309. The van der Waals surface area contributed by atoms with E-state index in [1.165, 1.54) is 22.9 Å². The van der Waals surface area contributed by atoms with Crippen LogP contribution >= 0.6 is 27.7 Å². The summed E-state index contributed by atoms with van der Waals surface area (Å²) in [5, 5.41) is 12.5. The summed E-state index contributed by atoms with van der Waals surface area (Å²) in [7, 11) is 0. The molecule has 0 aliphatic carbocycles. The number of benzene rings is 3. The Hall–Kier alpha value is -2.90. The van der Waals surface area contributed by atoms with Gasteiger partial charge in [0.1, 0.15) is 0 Å². The molecule has 0 fully saturated rings. The number of carbonyl (C=O) groups is 1. The van der Waals surface area contributed by atoms with Gasteiger partial charge in [-0.15, -0.1) is 10.2 Å². The van der Waals surface area contributed by atoms with Crippen molar-refractivity contribution in [3.8, 4) is 17.1 Å². The second-order valence-corrected chi connectivity index (χ2v) is 9.50. The van der Waals surface area contributed by atoms with Crippen LogP contribution in [0, 0.1) is 20.8 Å². The fourth-order valence-corrected chi connectivity index (χ4v) is 4.53. The van der Waals surface area contributed by atoms with E-state index in [9.17, 15) is 4.79 Å². The Morgan fingerprint density at radius 3 is 2.44 bits per heavy atom. The molecule has 4 rings (SSSR count). The molecule has 0 atom stereocenters. The summed E-state index contributed by atoms with van der Waals surface area (Å²) in [6, 6.07) is 22.1. The Morgan fingerprint density at radius 1 is 0.969 bits per heavy atom. The predicted molar refractivity (Wildman–Crippen MR) is 135 cm³/mol. The van der Waals surface area contributed by atoms with Gasteiger partial charge in [0.05, 0.1) is 5.75 Å². The molecule has 0 saturated carbocycles. The van der Waals surface area contributed by atoms with Crippen LogP contribution in [0.4, 0.5) is 5.69 Å². The minimum absolute atomic E-state index is 0.0792. The van der Waals surface area contributed by atoms with E-state index in [-0.39, 0.29) is 11.7 Å². The van der Waals surface area contributed by atoms with Crippen LogP contribution in [-0.2, 0) is 4.79 Å². The number of hydrogen-bond donors (Lipinski definition) is 1. The van der Waals surface area contributed by atoms with Crippen molar-refractivity contribution >= 4 is 39.3 Å². The van der Waals surface area contributed by atoms with Crippen LogP contribution in [0.25, 0.3) is 17.1 Å². The summed E-state index contributed by atoms with van der Waals surface area (Å²) in [6.45, 7) is 6.08.